The fourth-order valence-electron chi connectivity index (χ4n) is 3.19. The Bertz CT molecular complexity index is 1060. The van der Waals surface area contributed by atoms with Crippen LogP contribution in [-0.2, 0) is 10.4 Å². The summed E-state index contributed by atoms with van der Waals surface area (Å²) in [5.74, 6) is 0.164. The largest absolute Gasteiger partial charge is 0.463 e. The van der Waals surface area contributed by atoms with Crippen LogP contribution in [0.3, 0.4) is 0 Å². The molecule has 2 aromatic carbocycles. The lowest BCUT2D eigenvalue weighted by molar-refractivity contribution is -0.275. The minimum absolute atomic E-state index is 0.00898. The number of hydrogen-bond acceptors (Lipinski definition) is 4. The van der Waals surface area contributed by atoms with Crippen LogP contribution in [0.15, 0.2) is 41.6 Å². The number of carbonyl (C=O) groups is 1. The van der Waals surface area contributed by atoms with Gasteiger partial charge in [-0.1, -0.05) is 40.5 Å². The second kappa shape index (κ2) is 8.71. The summed E-state index contributed by atoms with van der Waals surface area (Å²) in [6.07, 6.45) is -6.77. The molecule has 1 unspecified atom stereocenters. The lowest BCUT2D eigenvalue weighted by Gasteiger charge is -2.29. The Morgan fingerprint density at radius 1 is 1.22 bits per heavy atom. The van der Waals surface area contributed by atoms with Gasteiger partial charge in [-0.25, -0.2) is 4.79 Å². The molecule has 0 aromatic heterocycles. The van der Waals surface area contributed by atoms with Crippen molar-refractivity contribution in [2.45, 2.75) is 45.0 Å². The van der Waals surface area contributed by atoms with Crippen LogP contribution in [0.25, 0.3) is 0 Å². The molecule has 2 aromatic rings. The van der Waals surface area contributed by atoms with Crippen molar-refractivity contribution in [2.24, 2.45) is 5.16 Å². The topological polar surface area (TPSA) is 71.4 Å². The van der Waals surface area contributed by atoms with E-state index >= 15 is 0 Å². The van der Waals surface area contributed by atoms with E-state index in [0.29, 0.717) is 11.1 Å². The van der Waals surface area contributed by atoms with Crippen molar-refractivity contribution in [3.05, 3.63) is 63.1 Å². The van der Waals surface area contributed by atoms with Gasteiger partial charge in [-0.3, -0.25) is 0 Å². The maximum absolute atomic E-state index is 14.2. The normalized spacial score (nSPS) is 18.3. The van der Waals surface area contributed by atoms with E-state index in [1.54, 1.807) is 32.9 Å². The summed E-state index contributed by atoms with van der Waals surface area (Å²) in [4.78, 5) is 21.9. The Morgan fingerprint density at radius 3 is 2.38 bits per heavy atom. The second-order valence-corrected chi connectivity index (χ2v) is 8.44. The third-order valence-electron chi connectivity index (χ3n) is 4.89. The van der Waals surface area contributed by atoms with Gasteiger partial charge in [-0.05, 0) is 50.6 Å². The SMILES string of the molecule is Cc1ccc(C2=NOC(c3cc(Cl)cc(Cl)c3)(C(F)(F)F)C2)cc1ON(C(=O)O)C(C)C. The molecule has 3 rings (SSSR count). The molecule has 0 radical (unpaired) electrons. The van der Waals surface area contributed by atoms with Gasteiger partial charge < -0.3 is 14.8 Å². The van der Waals surface area contributed by atoms with E-state index in [0.717, 1.165) is 17.2 Å². The van der Waals surface area contributed by atoms with Gasteiger partial charge in [0.15, 0.2) is 5.75 Å². The number of oxime groups is 1. The highest BCUT2D eigenvalue weighted by molar-refractivity contribution is 6.34. The van der Waals surface area contributed by atoms with E-state index in [2.05, 4.69) is 5.16 Å². The van der Waals surface area contributed by atoms with E-state index in [-0.39, 0.29) is 27.1 Å². The number of hydrogen-bond donors (Lipinski definition) is 1. The predicted molar refractivity (Wildman–Crippen MR) is 113 cm³/mol. The molecule has 1 aliphatic heterocycles. The van der Waals surface area contributed by atoms with Gasteiger partial charge in [0.25, 0.3) is 5.60 Å². The van der Waals surface area contributed by atoms with Crippen LogP contribution in [0, 0.1) is 6.92 Å². The Balaban J connectivity index is 1.97. The molecule has 1 atom stereocenters. The first-order valence-corrected chi connectivity index (χ1v) is 10.2. The minimum atomic E-state index is -4.83. The Labute approximate surface area is 192 Å². The summed E-state index contributed by atoms with van der Waals surface area (Å²) in [7, 11) is 0. The monoisotopic (exact) mass is 490 g/mol. The first-order chi connectivity index (χ1) is 14.8. The fourth-order valence-corrected chi connectivity index (χ4v) is 3.72. The average molecular weight is 491 g/mol. The van der Waals surface area contributed by atoms with E-state index in [4.69, 9.17) is 32.9 Å². The highest BCUT2D eigenvalue weighted by Crippen LogP contribution is 2.49. The predicted octanol–water partition coefficient (Wildman–Crippen LogP) is 6.57. The van der Waals surface area contributed by atoms with Gasteiger partial charge in [0.1, 0.15) is 0 Å². The molecule has 6 nitrogen and oxygen atoms in total. The number of hydroxylamine groups is 2. The molecule has 0 bridgehead atoms. The molecule has 11 heteroatoms. The number of carboxylic acid groups (broad SMARTS) is 1. The lowest BCUT2D eigenvalue weighted by atomic mass is 9.86. The Hall–Kier alpha value is -2.65. The van der Waals surface area contributed by atoms with Gasteiger partial charge in [-0.15, -0.1) is 5.06 Å². The molecule has 1 aliphatic rings. The summed E-state index contributed by atoms with van der Waals surface area (Å²) in [6.45, 7) is 4.92. The van der Waals surface area contributed by atoms with Crippen molar-refractivity contribution in [1.82, 2.24) is 5.06 Å². The zero-order valence-electron chi connectivity index (χ0n) is 17.2. The quantitative estimate of drug-likeness (QED) is 0.481. The summed E-state index contributed by atoms with van der Waals surface area (Å²) in [5.41, 5.74) is -2.16. The minimum Gasteiger partial charge on any atom is -0.463 e. The lowest BCUT2D eigenvalue weighted by Crippen LogP contribution is -2.42. The van der Waals surface area contributed by atoms with Gasteiger partial charge in [0, 0.05) is 27.6 Å². The number of alkyl halides is 3. The highest BCUT2D eigenvalue weighted by atomic mass is 35.5. The first kappa shape index (κ1) is 24.0. The van der Waals surface area contributed by atoms with Crippen molar-refractivity contribution < 1.29 is 32.7 Å². The van der Waals surface area contributed by atoms with Crippen LogP contribution < -0.4 is 4.84 Å². The van der Waals surface area contributed by atoms with Crippen LogP contribution in [0.5, 0.6) is 5.75 Å². The molecule has 1 heterocycles. The average Bonchev–Trinajstić information content (AvgIpc) is 3.13. The van der Waals surface area contributed by atoms with E-state index in [1.807, 2.05) is 0 Å². The molecule has 1 amide bonds. The smallest absolute Gasteiger partial charge is 0.440 e. The molecule has 172 valence electrons. The molecule has 0 saturated carbocycles. The van der Waals surface area contributed by atoms with E-state index in [9.17, 15) is 23.1 Å². The number of halogens is 5. The molecule has 0 saturated heterocycles. The van der Waals surface area contributed by atoms with Gasteiger partial charge in [0.2, 0.25) is 0 Å². The molecule has 0 spiro atoms. The number of nitrogens with zero attached hydrogens (tertiary/aromatic N) is 2. The number of amides is 1. The van der Waals surface area contributed by atoms with Crippen molar-refractivity contribution in [2.75, 3.05) is 0 Å². The number of rotatable bonds is 5. The summed E-state index contributed by atoms with van der Waals surface area (Å²) in [6, 6.07) is 7.67. The number of aryl methyl sites for hydroxylation is 1. The van der Waals surface area contributed by atoms with Crippen LogP contribution in [-0.4, -0.2) is 34.2 Å². The molecular formula is C21H19Cl2F3N2O4. The van der Waals surface area contributed by atoms with Gasteiger partial charge >= 0.3 is 12.3 Å². The van der Waals surface area contributed by atoms with Crippen molar-refractivity contribution >= 4 is 35.0 Å². The summed E-state index contributed by atoms with van der Waals surface area (Å²) < 4.78 is 42.5. The Kier molecular flexibility index (Phi) is 6.53. The standard InChI is InChI=1S/C21H19Cl2F3N2O4/c1-11(2)28(19(29)30)31-18-6-13(5-4-12(18)3)17-10-20(32-27-17,21(24,25)26)14-7-15(22)9-16(23)8-14/h4-9,11H,10H2,1-3H3,(H,29,30). The Morgan fingerprint density at radius 2 is 1.84 bits per heavy atom. The van der Waals surface area contributed by atoms with Crippen molar-refractivity contribution in [3.63, 3.8) is 0 Å². The van der Waals surface area contributed by atoms with Crippen LogP contribution >= 0.6 is 23.2 Å². The molecule has 1 N–H and O–H groups in total. The van der Waals surface area contributed by atoms with E-state index in [1.165, 1.54) is 12.1 Å². The van der Waals surface area contributed by atoms with E-state index < -0.39 is 30.3 Å². The maximum Gasteiger partial charge on any atom is 0.440 e. The second-order valence-electron chi connectivity index (χ2n) is 7.56. The molecule has 0 aliphatic carbocycles. The highest BCUT2D eigenvalue weighted by Gasteiger charge is 2.62. The van der Waals surface area contributed by atoms with Crippen LogP contribution in [0.2, 0.25) is 10.0 Å². The number of benzene rings is 2. The maximum atomic E-state index is 14.2. The van der Waals surface area contributed by atoms with Crippen LogP contribution in [0.1, 0.15) is 37.0 Å². The summed E-state index contributed by atoms with van der Waals surface area (Å²) in [5, 5.41) is 13.8. The molecule has 0 fully saturated rings. The van der Waals surface area contributed by atoms with Crippen molar-refractivity contribution in [1.29, 1.82) is 0 Å². The molecular weight excluding hydrogens is 472 g/mol. The summed E-state index contributed by atoms with van der Waals surface area (Å²) >= 11 is 11.8. The van der Waals surface area contributed by atoms with Crippen LogP contribution in [0.4, 0.5) is 18.0 Å². The van der Waals surface area contributed by atoms with Gasteiger partial charge in [-0.2, -0.15) is 13.2 Å². The third-order valence-corrected chi connectivity index (χ3v) is 5.33. The third kappa shape index (κ3) is 4.59. The zero-order valence-corrected chi connectivity index (χ0v) is 18.7. The zero-order chi connectivity index (χ0) is 23.8. The fraction of sp³-hybridized carbons (Fsp3) is 0.333. The van der Waals surface area contributed by atoms with Crippen molar-refractivity contribution in [3.8, 4) is 5.75 Å². The molecule has 32 heavy (non-hydrogen) atoms. The first-order valence-electron chi connectivity index (χ1n) is 9.43. The van der Waals surface area contributed by atoms with Gasteiger partial charge in [0.05, 0.1) is 11.8 Å².